The minimum Gasteiger partial charge on any atom is -0.485 e. The lowest BCUT2D eigenvalue weighted by Gasteiger charge is -2.22. The number of likely N-dealkylation sites (tertiary alicyclic amines) is 1. The first-order valence-corrected chi connectivity index (χ1v) is 9.35. The highest BCUT2D eigenvalue weighted by Crippen LogP contribution is 2.27. The van der Waals surface area contributed by atoms with E-state index in [0.717, 1.165) is 10.8 Å². The zero-order valence-electron chi connectivity index (χ0n) is 15.9. The van der Waals surface area contributed by atoms with Crippen molar-refractivity contribution < 1.29 is 23.5 Å². The van der Waals surface area contributed by atoms with Gasteiger partial charge >= 0.3 is 5.97 Å². The Labute approximate surface area is 167 Å². The van der Waals surface area contributed by atoms with Crippen molar-refractivity contribution in [2.24, 2.45) is 0 Å². The summed E-state index contributed by atoms with van der Waals surface area (Å²) in [6, 6.07) is 18.4. The molecule has 0 bridgehead atoms. The fourth-order valence-electron chi connectivity index (χ4n) is 3.67. The number of esters is 1. The molecule has 6 heteroatoms. The largest absolute Gasteiger partial charge is 0.485 e. The van der Waals surface area contributed by atoms with Crippen LogP contribution in [0.3, 0.4) is 0 Å². The van der Waals surface area contributed by atoms with Gasteiger partial charge in [-0.25, -0.2) is 9.18 Å². The van der Waals surface area contributed by atoms with Gasteiger partial charge in [-0.05, 0) is 35.0 Å². The molecule has 29 heavy (non-hydrogen) atoms. The Morgan fingerprint density at radius 2 is 1.72 bits per heavy atom. The van der Waals surface area contributed by atoms with E-state index in [1.807, 2.05) is 30.3 Å². The summed E-state index contributed by atoms with van der Waals surface area (Å²) in [7, 11) is 1.28. The number of carbonyl (C=O) groups excluding carboxylic acids is 2. The molecule has 0 N–H and O–H groups in total. The molecule has 1 saturated heterocycles. The van der Waals surface area contributed by atoms with E-state index in [1.54, 1.807) is 24.3 Å². The molecule has 1 aliphatic rings. The molecule has 3 aromatic rings. The number of halogens is 1. The number of nitrogens with zero attached hydrogens (tertiary/aromatic N) is 1. The van der Waals surface area contributed by atoms with Gasteiger partial charge in [0.1, 0.15) is 12.1 Å². The van der Waals surface area contributed by atoms with Crippen molar-refractivity contribution >= 4 is 22.6 Å². The number of benzene rings is 3. The minimum atomic E-state index is -0.782. The van der Waals surface area contributed by atoms with Gasteiger partial charge in [-0.2, -0.15) is 0 Å². The van der Waals surface area contributed by atoms with E-state index in [-0.39, 0.29) is 24.6 Å². The number of para-hydroxylation sites is 1. The second-order valence-electron chi connectivity index (χ2n) is 6.96. The van der Waals surface area contributed by atoms with Crippen LogP contribution in [0, 0.1) is 5.82 Å². The molecule has 1 heterocycles. The number of amides is 1. The third-order valence-electron chi connectivity index (χ3n) is 5.12. The number of hydrogen-bond donors (Lipinski definition) is 0. The molecule has 2 unspecified atom stereocenters. The molecule has 0 saturated carbocycles. The van der Waals surface area contributed by atoms with Gasteiger partial charge in [0, 0.05) is 12.0 Å². The first kappa shape index (κ1) is 18.9. The van der Waals surface area contributed by atoms with Crippen molar-refractivity contribution in [3.63, 3.8) is 0 Å². The smallest absolute Gasteiger partial charge is 0.328 e. The van der Waals surface area contributed by atoms with Crippen LogP contribution in [0.4, 0.5) is 4.39 Å². The molecule has 1 fully saturated rings. The highest BCUT2D eigenvalue weighted by atomic mass is 19.1. The third kappa shape index (κ3) is 3.78. The maximum atomic E-state index is 13.9. The van der Waals surface area contributed by atoms with Gasteiger partial charge in [0.05, 0.1) is 13.7 Å². The molecule has 1 amide bonds. The van der Waals surface area contributed by atoms with E-state index >= 15 is 0 Å². The van der Waals surface area contributed by atoms with Crippen LogP contribution in [0.5, 0.6) is 5.75 Å². The number of rotatable bonds is 4. The second-order valence-corrected chi connectivity index (χ2v) is 6.96. The predicted molar refractivity (Wildman–Crippen MR) is 106 cm³/mol. The van der Waals surface area contributed by atoms with Gasteiger partial charge in [-0.3, -0.25) is 4.79 Å². The normalized spacial score (nSPS) is 18.6. The Balaban J connectivity index is 1.59. The molecule has 4 rings (SSSR count). The van der Waals surface area contributed by atoms with Crippen molar-refractivity contribution in [3.05, 3.63) is 78.1 Å². The van der Waals surface area contributed by atoms with Crippen LogP contribution in [-0.4, -0.2) is 42.6 Å². The number of ether oxygens (including phenoxy) is 2. The maximum Gasteiger partial charge on any atom is 0.328 e. The average molecular weight is 393 g/mol. The zero-order chi connectivity index (χ0) is 20.4. The monoisotopic (exact) mass is 393 g/mol. The van der Waals surface area contributed by atoms with Crippen LogP contribution in [0.15, 0.2) is 66.7 Å². The fourth-order valence-corrected chi connectivity index (χ4v) is 3.67. The van der Waals surface area contributed by atoms with Crippen LogP contribution in [0.2, 0.25) is 0 Å². The summed E-state index contributed by atoms with van der Waals surface area (Å²) in [4.78, 5) is 26.9. The Morgan fingerprint density at radius 1 is 1.00 bits per heavy atom. The fraction of sp³-hybridized carbons (Fsp3) is 0.217. The summed E-state index contributed by atoms with van der Waals surface area (Å²) in [5.74, 6) is -1.19. The number of fused-ring (bicyclic) bond motifs is 1. The molecule has 5 nitrogen and oxygen atoms in total. The topological polar surface area (TPSA) is 55.8 Å². The van der Waals surface area contributed by atoms with Crippen molar-refractivity contribution in [3.8, 4) is 5.75 Å². The van der Waals surface area contributed by atoms with Crippen molar-refractivity contribution in [1.82, 2.24) is 4.90 Å². The standard InChI is InChI=1S/C23H20FNO4/c1-28-23(27)20-13-18(29-21-9-5-4-8-19(21)24)14-25(20)22(26)17-11-10-15-6-2-3-7-16(15)12-17/h2-12,18,20H,13-14H2,1H3. The Hall–Kier alpha value is -3.41. The van der Waals surface area contributed by atoms with Crippen molar-refractivity contribution in [2.75, 3.05) is 13.7 Å². The van der Waals surface area contributed by atoms with Crippen molar-refractivity contribution in [1.29, 1.82) is 0 Å². The minimum absolute atomic E-state index is 0.0983. The van der Waals surface area contributed by atoms with Crippen LogP contribution in [0.25, 0.3) is 10.8 Å². The Bertz CT molecular complexity index is 1070. The highest BCUT2D eigenvalue weighted by molar-refractivity contribution is 6.00. The van der Waals surface area contributed by atoms with Gasteiger partial charge < -0.3 is 14.4 Å². The van der Waals surface area contributed by atoms with E-state index in [0.29, 0.717) is 5.56 Å². The Kier molecular flexibility index (Phi) is 5.16. The lowest BCUT2D eigenvalue weighted by atomic mass is 10.1. The number of carbonyl (C=O) groups is 2. The number of methoxy groups -OCH3 is 1. The first-order chi connectivity index (χ1) is 14.1. The van der Waals surface area contributed by atoms with Crippen LogP contribution < -0.4 is 4.74 Å². The highest BCUT2D eigenvalue weighted by Gasteiger charge is 2.42. The summed E-state index contributed by atoms with van der Waals surface area (Å²) in [5.41, 5.74) is 0.476. The first-order valence-electron chi connectivity index (χ1n) is 9.35. The molecule has 3 aromatic carbocycles. The Morgan fingerprint density at radius 3 is 2.48 bits per heavy atom. The van der Waals surface area contributed by atoms with Gasteiger partial charge in [-0.15, -0.1) is 0 Å². The van der Waals surface area contributed by atoms with Crippen LogP contribution in [-0.2, 0) is 9.53 Å². The lowest BCUT2D eigenvalue weighted by Crippen LogP contribution is -2.41. The summed E-state index contributed by atoms with van der Waals surface area (Å²) >= 11 is 0. The van der Waals surface area contributed by atoms with Gasteiger partial charge in [-0.1, -0.05) is 42.5 Å². The molecule has 0 aromatic heterocycles. The summed E-state index contributed by atoms with van der Waals surface area (Å²) in [5, 5.41) is 1.96. The van der Waals surface area contributed by atoms with Gasteiger partial charge in [0.25, 0.3) is 5.91 Å². The molecule has 0 spiro atoms. The van der Waals surface area contributed by atoms with Gasteiger partial charge in [0.15, 0.2) is 11.6 Å². The average Bonchev–Trinajstić information content (AvgIpc) is 3.17. The molecular formula is C23H20FNO4. The summed E-state index contributed by atoms with van der Waals surface area (Å²) in [6.07, 6.45) is -0.277. The van der Waals surface area contributed by atoms with Gasteiger partial charge in [0.2, 0.25) is 0 Å². The molecule has 0 aliphatic carbocycles. The molecule has 0 radical (unpaired) electrons. The number of hydrogen-bond acceptors (Lipinski definition) is 4. The predicted octanol–water partition coefficient (Wildman–Crippen LogP) is 3.81. The third-order valence-corrected chi connectivity index (χ3v) is 5.12. The quantitative estimate of drug-likeness (QED) is 0.633. The lowest BCUT2D eigenvalue weighted by molar-refractivity contribution is -0.145. The van der Waals surface area contributed by atoms with E-state index < -0.39 is 23.9 Å². The van der Waals surface area contributed by atoms with E-state index in [2.05, 4.69) is 0 Å². The van der Waals surface area contributed by atoms with E-state index in [9.17, 15) is 14.0 Å². The summed E-state index contributed by atoms with van der Waals surface area (Å²) in [6.45, 7) is 0.166. The molecular weight excluding hydrogens is 373 g/mol. The van der Waals surface area contributed by atoms with Crippen LogP contribution >= 0.6 is 0 Å². The van der Waals surface area contributed by atoms with E-state index in [1.165, 1.54) is 24.1 Å². The summed E-state index contributed by atoms with van der Waals surface area (Å²) < 4.78 is 24.6. The van der Waals surface area contributed by atoms with E-state index in [4.69, 9.17) is 9.47 Å². The maximum absolute atomic E-state index is 13.9. The molecule has 2 atom stereocenters. The zero-order valence-corrected chi connectivity index (χ0v) is 15.9. The second kappa shape index (κ2) is 7.91. The van der Waals surface area contributed by atoms with Crippen molar-refractivity contribution in [2.45, 2.75) is 18.6 Å². The molecule has 148 valence electrons. The SMILES string of the molecule is COC(=O)C1CC(Oc2ccccc2F)CN1C(=O)c1ccc2ccccc2c1. The van der Waals surface area contributed by atoms with Crippen LogP contribution in [0.1, 0.15) is 16.8 Å². The molecule has 1 aliphatic heterocycles.